The number of halogens is 3. The molecule has 0 bridgehead atoms. The molecule has 1 aliphatic heterocycles. The van der Waals surface area contributed by atoms with Crippen molar-refractivity contribution in [1.29, 1.82) is 0 Å². The molecule has 6 nitrogen and oxygen atoms in total. The first-order chi connectivity index (χ1) is 18.7. The number of carboxylic acids is 1. The highest BCUT2D eigenvalue weighted by atomic mass is 35.5. The van der Waals surface area contributed by atoms with Crippen molar-refractivity contribution in [3.63, 3.8) is 0 Å². The van der Waals surface area contributed by atoms with Crippen LogP contribution in [-0.2, 0) is 21.2 Å². The Hall–Kier alpha value is -3.43. The highest BCUT2D eigenvalue weighted by molar-refractivity contribution is 7.92. The molecule has 40 heavy (non-hydrogen) atoms. The molecule has 0 saturated heterocycles. The number of benzene rings is 3. The lowest BCUT2D eigenvalue weighted by Gasteiger charge is -2.31. The average molecular weight is 592 g/mol. The molecule has 4 rings (SSSR count). The minimum atomic E-state index is -3.95. The Labute approximate surface area is 238 Å². The monoisotopic (exact) mass is 591 g/mol. The van der Waals surface area contributed by atoms with Crippen LogP contribution in [0.3, 0.4) is 0 Å². The van der Waals surface area contributed by atoms with Gasteiger partial charge < -0.3 is 9.84 Å². The van der Waals surface area contributed by atoms with Gasteiger partial charge in [-0.15, -0.1) is 0 Å². The van der Waals surface area contributed by atoms with E-state index in [1.54, 1.807) is 52.0 Å². The molecule has 1 aliphatic rings. The Kier molecular flexibility index (Phi) is 9.64. The van der Waals surface area contributed by atoms with Crippen LogP contribution in [0, 0.1) is 17.0 Å². The maximum absolute atomic E-state index is 14.3. The molecule has 0 aromatic heterocycles. The summed E-state index contributed by atoms with van der Waals surface area (Å²) in [7, 11) is -2.67. The fraction of sp³-hybridized carbons (Fsp3) is 0.300. The fourth-order valence-electron chi connectivity index (χ4n) is 4.02. The number of carboxylic acid groups (broad SMARTS) is 1. The summed E-state index contributed by atoms with van der Waals surface area (Å²) < 4.78 is 61.3. The van der Waals surface area contributed by atoms with Gasteiger partial charge in [0.1, 0.15) is 5.82 Å². The second kappa shape index (κ2) is 12.4. The summed E-state index contributed by atoms with van der Waals surface area (Å²) in [5, 5.41) is 8.55. The van der Waals surface area contributed by atoms with Crippen LogP contribution in [0.1, 0.15) is 50.8 Å². The number of methoxy groups -OCH3 is 1. The van der Waals surface area contributed by atoms with E-state index in [0.29, 0.717) is 40.4 Å². The number of anilines is 1. The Morgan fingerprint density at radius 3 is 2.35 bits per heavy atom. The van der Waals surface area contributed by atoms with Crippen LogP contribution >= 0.6 is 11.6 Å². The Bertz CT molecular complexity index is 1530. The SMILES string of the molecule is CC(C)(C)C(=O)O.COc1cc(S(=O)(=O)N2CCCc3ccc(/C=C(\C)c4c(F)cccc4Cl)cc32)ccc1F. The molecular formula is C30H32ClF2NO5S. The fourth-order valence-corrected chi connectivity index (χ4v) is 5.88. The van der Waals surface area contributed by atoms with Crippen molar-refractivity contribution in [2.24, 2.45) is 5.41 Å². The third-order valence-electron chi connectivity index (χ3n) is 6.28. The third kappa shape index (κ3) is 7.01. The molecular weight excluding hydrogens is 560 g/mol. The molecule has 0 aliphatic carbocycles. The Morgan fingerprint density at radius 1 is 1.07 bits per heavy atom. The third-order valence-corrected chi connectivity index (χ3v) is 8.40. The van der Waals surface area contributed by atoms with Crippen molar-refractivity contribution in [2.75, 3.05) is 18.0 Å². The Balaban J connectivity index is 0.000000559. The lowest BCUT2D eigenvalue weighted by atomic mass is 9.98. The van der Waals surface area contributed by atoms with Gasteiger partial charge in [0.25, 0.3) is 10.0 Å². The van der Waals surface area contributed by atoms with Crippen molar-refractivity contribution in [1.82, 2.24) is 0 Å². The van der Waals surface area contributed by atoms with Crippen LogP contribution in [0.15, 0.2) is 59.5 Å². The molecule has 0 fully saturated rings. The van der Waals surface area contributed by atoms with Gasteiger partial charge in [0.05, 0.1) is 28.1 Å². The summed E-state index contributed by atoms with van der Waals surface area (Å²) in [6.07, 6.45) is 3.16. The van der Waals surface area contributed by atoms with Gasteiger partial charge in [-0.3, -0.25) is 9.10 Å². The van der Waals surface area contributed by atoms with Gasteiger partial charge in [-0.1, -0.05) is 35.9 Å². The number of aliphatic carboxylic acids is 1. The zero-order chi connectivity index (χ0) is 29.8. The number of carbonyl (C=O) groups is 1. The van der Waals surface area contributed by atoms with E-state index in [1.165, 1.54) is 29.6 Å². The number of fused-ring (bicyclic) bond motifs is 1. The maximum Gasteiger partial charge on any atom is 0.308 e. The van der Waals surface area contributed by atoms with Gasteiger partial charge in [-0.25, -0.2) is 17.2 Å². The molecule has 1 heterocycles. The molecule has 0 amide bonds. The predicted octanol–water partition coefficient (Wildman–Crippen LogP) is 7.45. The molecule has 214 valence electrons. The molecule has 3 aromatic rings. The van der Waals surface area contributed by atoms with Gasteiger partial charge in [0.15, 0.2) is 11.6 Å². The molecule has 3 aromatic carbocycles. The van der Waals surface area contributed by atoms with E-state index >= 15 is 0 Å². The van der Waals surface area contributed by atoms with Crippen LogP contribution < -0.4 is 9.04 Å². The predicted molar refractivity (Wildman–Crippen MR) is 154 cm³/mol. The van der Waals surface area contributed by atoms with Gasteiger partial charge in [0, 0.05) is 18.2 Å². The van der Waals surface area contributed by atoms with Crippen molar-refractivity contribution in [3.8, 4) is 5.75 Å². The number of ether oxygens (including phenoxy) is 1. The normalized spacial score (nSPS) is 13.7. The van der Waals surface area contributed by atoms with Crippen LogP contribution in [0.2, 0.25) is 5.02 Å². The number of rotatable bonds is 5. The summed E-state index contributed by atoms with van der Waals surface area (Å²) >= 11 is 6.19. The van der Waals surface area contributed by atoms with E-state index in [9.17, 15) is 22.0 Å². The zero-order valence-electron chi connectivity index (χ0n) is 23.0. The van der Waals surface area contributed by atoms with E-state index < -0.39 is 33.0 Å². The van der Waals surface area contributed by atoms with Crippen molar-refractivity contribution in [3.05, 3.63) is 87.9 Å². The van der Waals surface area contributed by atoms with E-state index in [4.69, 9.17) is 21.4 Å². The number of aryl methyl sites for hydroxylation is 1. The molecule has 10 heteroatoms. The minimum absolute atomic E-state index is 0.0520. The second-order valence-corrected chi connectivity index (χ2v) is 12.6. The highest BCUT2D eigenvalue weighted by Crippen LogP contribution is 2.35. The number of nitrogens with zero attached hydrogens (tertiary/aromatic N) is 1. The van der Waals surface area contributed by atoms with Gasteiger partial charge in [-0.05, 0) is 87.6 Å². The van der Waals surface area contributed by atoms with Gasteiger partial charge in [-0.2, -0.15) is 0 Å². The van der Waals surface area contributed by atoms with E-state index in [-0.39, 0.29) is 10.6 Å². The van der Waals surface area contributed by atoms with Crippen LogP contribution in [0.4, 0.5) is 14.5 Å². The average Bonchev–Trinajstić information content (AvgIpc) is 2.88. The van der Waals surface area contributed by atoms with Crippen molar-refractivity contribution < 1.29 is 31.8 Å². The number of hydrogen-bond acceptors (Lipinski definition) is 4. The lowest BCUT2D eigenvalue weighted by molar-refractivity contribution is -0.145. The van der Waals surface area contributed by atoms with Gasteiger partial charge in [0.2, 0.25) is 0 Å². The smallest absolute Gasteiger partial charge is 0.308 e. The standard InChI is InChI=1S/C25H22ClF2NO3S.C5H10O2/c1-16(25-20(26)6-3-7-22(25)28)13-17-8-9-18-5-4-12-29(23(18)14-17)33(30,31)19-10-11-21(27)24(15-19)32-2;1-5(2,3)4(6)7/h3,6-11,13-15H,4-5,12H2,1-2H3;1-3H3,(H,6,7)/b16-13+;. The zero-order valence-corrected chi connectivity index (χ0v) is 24.5. The lowest BCUT2D eigenvalue weighted by Crippen LogP contribution is -2.35. The first-order valence-electron chi connectivity index (χ1n) is 12.5. The topological polar surface area (TPSA) is 83.9 Å². The summed E-state index contributed by atoms with van der Waals surface area (Å²) in [4.78, 5) is 9.97. The van der Waals surface area contributed by atoms with Crippen molar-refractivity contribution >= 4 is 44.9 Å². The maximum atomic E-state index is 14.3. The first kappa shape index (κ1) is 31.1. The Morgan fingerprint density at radius 2 is 1.75 bits per heavy atom. The highest BCUT2D eigenvalue weighted by Gasteiger charge is 2.30. The van der Waals surface area contributed by atoms with E-state index in [0.717, 1.165) is 18.1 Å². The van der Waals surface area contributed by atoms with Crippen LogP contribution in [0.5, 0.6) is 5.75 Å². The summed E-state index contributed by atoms with van der Waals surface area (Å²) in [5.41, 5.74) is 2.49. The summed E-state index contributed by atoms with van der Waals surface area (Å²) in [5.74, 6) is -1.95. The molecule has 0 spiro atoms. The first-order valence-corrected chi connectivity index (χ1v) is 14.3. The van der Waals surface area contributed by atoms with E-state index in [1.807, 2.05) is 12.1 Å². The summed E-state index contributed by atoms with van der Waals surface area (Å²) in [6, 6.07) is 13.5. The van der Waals surface area contributed by atoms with Crippen LogP contribution in [0.25, 0.3) is 11.6 Å². The minimum Gasteiger partial charge on any atom is -0.494 e. The van der Waals surface area contributed by atoms with E-state index in [2.05, 4.69) is 0 Å². The van der Waals surface area contributed by atoms with Gasteiger partial charge >= 0.3 is 5.97 Å². The summed E-state index contributed by atoms with van der Waals surface area (Å²) in [6.45, 7) is 7.03. The molecule has 0 saturated carbocycles. The van der Waals surface area contributed by atoms with Crippen LogP contribution in [-0.4, -0.2) is 33.1 Å². The number of hydrogen-bond donors (Lipinski definition) is 1. The molecule has 1 N–H and O–H groups in total. The number of sulfonamides is 1. The van der Waals surface area contributed by atoms with Crippen molar-refractivity contribution in [2.45, 2.75) is 45.4 Å². The number of allylic oxidation sites excluding steroid dienone is 1. The molecule has 0 atom stereocenters. The molecule has 0 unspecified atom stereocenters. The second-order valence-electron chi connectivity index (χ2n) is 10.3. The largest absolute Gasteiger partial charge is 0.494 e. The molecule has 0 radical (unpaired) electrons. The quantitative estimate of drug-likeness (QED) is 0.312.